The van der Waals surface area contributed by atoms with Gasteiger partial charge in [0.25, 0.3) is 10.1 Å². The van der Waals surface area contributed by atoms with Gasteiger partial charge in [0.2, 0.25) is 0 Å². The Morgan fingerprint density at radius 1 is 1.10 bits per heavy atom. The van der Waals surface area contributed by atoms with E-state index >= 15 is 0 Å². The van der Waals surface area contributed by atoms with Gasteiger partial charge in [-0.05, 0) is 29.7 Å². The van der Waals surface area contributed by atoms with Gasteiger partial charge in [-0.15, -0.1) is 0 Å². The van der Waals surface area contributed by atoms with Gasteiger partial charge in [0, 0.05) is 0 Å². The van der Waals surface area contributed by atoms with E-state index < -0.39 is 10.1 Å². The van der Waals surface area contributed by atoms with Crippen molar-refractivity contribution in [3.8, 4) is 6.07 Å². The molecule has 0 saturated heterocycles. The zero-order valence-electron chi connectivity index (χ0n) is 11.3. The van der Waals surface area contributed by atoms with Crippen LogP contribution in [0.15, 0.2) is 47.4 Å². The second kappa shape index (κ2) is 5.92. The average molecular weight is 299 g/mol. The van der Waals surface area contributed by atoms with Gasteiger partial charge in [-0.2, -0.15) is 13.7 Å². The Bertz CT molecular complexity index is 832. The molecule has 106 valence electrons. The van der Waals surface area contributed by atoms with Crippen molar-refractivity contribution in [2.45, 2.75) is 11.8 Å². The summed E-state index contributed by atoms with van der Waals surface area (Å²) in [5, 5.41) is 9.22. The first kappa shape index (κ1) is 15.0. The number of benzene rings is 2. The third kappa shape index (κ3) is 3.37. The molecule has 0 aliphatic rings. The van der Waals surface area contributed by atoms with Crippen molar-refractivity contribution in [1.29, 1.82) is 5.26 Å². The summed E-state index contributed by atoms with van der Waals surface area (Å²) in [5.74, 6) is 0. The van der Waals surface area contributed by atoms with Gasteiger partial charge in [-0.3, -0.25) is 4.55 Å². The highest BCUT2D eigenvalue weighted by atomic mass is 32.2. The zero-order valence-corrected chi connectivity index (χ0v) is 12.1. The standard InChI is InChI=1S/C16H13NO3S/c1-12-7-10-16(21(18,19)20)15(11-17)14(12)9-8-13-5-3-2-4-6-13/h2-10H,1H3,(H,18,19,20). The maximum Gasteiger partial charge on any atom is 0.295 e. The highest BCUT2D eigenvalue weighted by Crippen LogP contribution is 2.24. The monoisotopic (exact) mass is 299 g/mol. The molecule has 0 spiro atoms. The lowest BCUT2D eigenvalue weighted by atomic mass is 10.0. The first-order chi connectivity index (χ1) is 9.93. The van der Waals surface area contributed by atoms with Crippen molar-refractivity contribution in [2.24, 2.45) is 0 Å². The fraction of sp³-hybridized carbons (Fsp3) is 0.0625. The molecule has 0 bridgehead atoms. The number of aryl methyl sites for hydroxylation is 1. The van der Waals surface area contributed by atoms with E-state index in [0.29, 0.717) is 5.56 Å². The third-order valence-corrected chi connectivity index (χ3v) is 3.95. The van der Waals surface area contributed by atoms with Crippen LogP contribution in [0.3, 0.4) is 0 Å². The van der Waals surface area contributed by atoms with Gasteiger partial charge < -0.3 is 0 Å². The van der Waals surface area contributed by atoms with Crippen LogP contribution in [0.5, 0.6) is 0 Å². The smallest absolute Gasteiger partial charge is 0.282 e. The highest BCUT2D eigenvalue weighted by molar-refractivity contribution is 7.85. The maximum atomic E-state index is 11.3. The number of hydrogen-bond acceptors (Lipinski definition) is 3. The van der Waals surface area contributed by atoms with Crippen LogP contribution in [-0.4, -0.2) is 13.0 Å². The Morgan fingerprint density at radius 3 is 2.33 bits per heavy atom. The van der Waals surface area contributed by atoms with Crippen LogP contribution < -0.4 is 0 Å². The molecule has 0 saturated carbocycles. The van der Waals surface area contributed by atoms with E-state index in [1.54, 1.807) is 25.1 Å². The molecule has 0 radical (unpaired) electrons. The van der Waals surface area contributed by atoms with Crippen molar-refractivity contribution >= 4 is 22.3 Å². The lowest BCUT2D eigenvalue weighted by molar-refractivity contribution is 0.483. The Kier molecular flexibility index (Phi) is 4.22. The molecule has 0 amide bonds. The van der Waals surface area contributed by atoms with E-state index in [4.69, 9.17) is 0 Å². The summed E-state index contributed by atoms with van der Waals surface area (Å²) in [6.45, 7) is 1.78. The third-order valence-electron chi connectivity index (χ3n) is 3.06. The van der Waals surface area contributed by atoms with Crippen LogP contribution in [-0.2, 0) is 10.1 Å². The molecule has 0 heterocycles. The van der Waals surface area contributed by atoms with Gasteiger partial charge in [-0.25, -0.2) is 0 Å². The van der Waals surface area contributed by atoms with Crippen LogP contribution in [0.2, 0.25) is 0 Å². The fourth-order valence-corrected chi connectivity index (χ4v) is 2.65. The molecule has 2 aromatic rings. The van der Waals surface area contributed by atoms with Gasteiger partial charge in [0.1, 0.15) is 11.0 Å². The van der Waals surface area contributed by atoms with Gasteiger partial charge in [-0.1, -0.05) is 48.6 Å². The molecule has 0 fully saturated rings. The Labute approximate surface area is 123 Å². The highest BCUT2D eigenvalue weighted by Gasteiger charge is 2.18. The zero-order chi connectivity index (χ0) is 15.5. The minimum Gasteiger partial charge on any atom is -0.282 e. The first-order valence-electron chi connectivity index (χ1n) is 6.18. The predicted molar refractivity (Wildman–Crippen MR) is 81.1 cm³/mol. The largest absolute Gasteiger partial charge is 0.295 e. The van der Waals surface area contributed by atoms with E-state index in [2.05, 4.69) is 0 Å². The molecule has 21 heavy (non-hydrogen) atoms. The van der Waals surface area contributed by atoms with Gasteiger partial charge in [0.15, 0.2) is 0 Å². The van der Waals surface area contributed by atoms with E-state index in [1.165, 1.54) is 6.07 Å². The van der Waals surface area contributed by atoms with Crippen LogP contribution in [0.1, 0.15) is 22.3 Å². The summed E-state index contributed by atoms with van der Waals surface area (Å²) < 4.78 is 31.9. The molecular formula is C16H13NO3S. The maximum absolute atomic E-state index is 11.3. The second-order valence-electron chi connectivity index (χ2n) is 4.50. The summed E-state index contributed by atoms with van der Waals surface area (Å²) in [7, 11) is -4.42. The number of hydrogen-bond donors (Lipinski definition) is 1. The molecule has 0 aliphatic carbocycles. The molecule has 4 nitrogen and oxygen atoms in total. The second-order valence-corrected chi connectivity index (χ2v) is 5.89. The predicted octanol–water partition coefficient (Wildman–Crippen LogP) is 3.28. The van der Waals surface area contributed by atoms with Crippen LogP contribution in [0.25, 0.3) is 12.2 Å². The molecular weight excluding hydrogens is 286 g/mol. The van der Waals surface area contributed by atoms with Crippen molar-refractivity contribution in [3.63, 3.8) is 0 Å². The first-order valence-corrected chi connectivity index (χ1v) is 7.62. The van der Waals surface area contributed by atoms with E-state index in [1.807, 2.05) is 36.4 Å². The van der Waals surface area contributed by atoms with Crippen molar-refractivity contribution in [3.05, 3.63) is 64.7 Å². The lowest BCUT2D eigenvalue weighted by Gasteiger charge is -2.07. The van der Waals surface area contributed by atoms with Crippen LogP contribution in [0.4, 0.5) is 0 Å². The summed E-state index contributed by atoms with van der Waals surface area (Å²) in [4.78, 5) is -0.372. The molecule has 5 heteroatoms. The summed E-state index contributed by atoms with van der Waals surface area (Å²) in [5.41, 5.74) is 2.12. The Hall–Kier alpha value is -2.42. The van der Waals surface area contributed by atoms with E-state index in [-0.39, 0.29) is 10.5 Å². The van der Waals surface area contributed by atoms with Crippen molar-refractivity contribution < 1.29 is 13.0 Å². The molecule has 2 aromatic carbocycles. The molecule has 0 aliphatic heterocycles. The fourth-order valence-electron chi connectivity index (χ4n) is 1.99. The minimum absolute atomic E-state index is 0.0512. The van der Waals surface area contributed by atoms with Gasteiger partial charge in [0.05, 0.1) is 5.56 Å². The number of rotatable bonds is 3. The average Bonchev–Trinajstić information content (AvgIpc) is 2.45. The topological polar surface area (TPSA) is 78.2 Å². The van der Waals surface area contributed by atoms with Gasteiger partial charge >= 0.3 is 0 Å². The van der Waals surface area contributed by atoms with E-state index in [0.717, 1.165) is 11.1 Å². The number of nitriles is 1. The van der Waals surface area contributed by atoms with E-state index in [9.17, 15) is 18.2 Å². The minimum atomic E-state index is -4.42. The molecule has 0 atom stereocenters. The Balaban J connectivity index is 2.59. The summed E-state index contributed by atoms with van der Waals surface area (Å²) in [6, 6.07) is 14.1. The van der Waals surface area contributed by atoms with Crippen LogP contribution in [0, 0.1) is 18.3 Å². The lowest BCUT2D eigenvalue weighted by Crippen LogP contribution is -2.03. The van der Waals surface area contributed by atoms with Crippen molar-refractivity contribution in [2.75, 3.05) is 0 Å². The molecule has 0 unspecified atom stereocenters. The summed E-state index contributed by atoms with van der Waals surface area (Å²) >= 11 is 0. The quantitative estimate of drug-likeness (QED) is 0.697. The molecule has 0 aromatic heterocycles. The Morgan fingerprint density at radius 2 is 1.76 bits per heavy atom. The molecule has 1 N–H and O–H groups in total. The summed E-state index contributed by atoms with van der Waals surface area (Å²) in [6.07, 6.45) is 3.47. The van der Waals surface area contributed by atoms with Crippen LogP contribution >= 0.6 is 0 Å². The number of nitrogens with zero attached hydrogens (tertiary/aromatic N) is 1. The molecule has 2 rings (SSSR count). The SMILES string of the molecule is Cc1ccc(S(=O)(=O)O)c(C#N)c1C=Cc1ccccc1. The van der Waals surface area contributed by atoms with Crippen molar-refractivity contribution in [1.82, 2.24) is 0 Å². The normalized spacial score (nSPS) is 11.5.